The average molecular weight is 150 g/mol. The molecule has 0 radical (unpaired) electrons. The summed E-state index contributed by atoms with van der Waals surface area (Å²) in [6.45, 7) is 14.2. The zero-order chi connectivity index (χ0) is 7.33. The zero-order valence-electron chi connectivity index (χ0n) is 7.68. The summed E-state index contributed by atoms with van der Waals surface area (Å²) in [4.78, 5) is 0. The smallest absolute Gasteiger partial charge is 0.0757 e. The lowest BCUT2D eigenvalue weighted by Crippen LogP contribution is -2.47. The van der Waals surface area contributed by atoms with Crippen molar-refractivity contribution < 1.29 is 9.19 Å². The molecule has 0 N–H and O–H groups in total. The Hall–Kier alpha value is -0.110. The molecule has 0 fully saturated rings. The molecular formula is C8H21FN+. The summed E-state index contributed by atoms with van der Waals surface area (Å²) in [6, 6.07) is 0. The highest BCUT2D eigenvalue weighted by atomic mass is 19.0. The summed E-state index contributed by atoms with van der Waals surface area (Å²) in [5.74, 6) is 0. The van der Waals surface area contributed by atoms with Crippen LogP contribution in [0.4, 0.5) is 4.70 Å². The molecule has 0 aliphatic heterocycles. The molecule has 10 heavy (non-hydrogen) atoms. The summed E-state index contributed by atoms with van der Waals surface area (Å²) >= 11 is 0. The molecule has 0 bridgehead atoms. The van der Waals surface area contributed by atoms with E-state index < -0.39 is 0 Å². The summed E-state index contributed by atoms with van der Waals surface area (Å²) < 4.78 is 1.28. The van der Waals surface area contributed by atoms with Gasteiger partial charge in [-0.05, 0) is 27.7 Å². The van der Waals surface area contributed by atoms with Gasteiger partial charge >= 0.3 is 0 Å². The zero-order valence-corrected chi connectivity index (χ0v) is 7.68. The van der Waals surface area contributed by atoms with E-state index in [0.29, 0.717) is 0 Å². The first kappa shape index (κ1) is 12.6. The van der Waals surface area contributed by atoms with Crippen molar-refractivity contribution in [2.75, 3.05) is 26.2 Å². The molecule has 0 rings (SSSR count). The molecule has 64 valence electrons. The van der Waals surface area contributed by atoms with Gasteiger partial charge in [0.2, 0.25) is 0 Å². The maximum atomic E-state index is 2.27. The van der Waals surface area contributed by atoms with Gasteiger partial charge in [0, 0.05) is 0 Å². The monoisotopic (exact) mass is 150 g/mol. The fourth-order valence-corrected chi connectivity index (χ4v) is 1.34. The number of hydrogen-bond donors (Lipinski definition) is 0. The highest BCUT2D eigenvalue weighted by Gasteiger charge is 2.16. The number of halogens is 1. The van der Waals surface area contributed by atoms with Gasteiger partial charge < -0.3 is 4.48 Å². The molecule has 0 saturated carbocycles. The van der Waals surface area contributed by atoms with Crippen molar-refractivity contribution >= 4 is 0 Å². The Kier molecular flexibility index (Phi) is 7.10. The van der Waals surface area contributed by atoms with Crippen molar-refractivity contribution in [3.05, 3.63) is 0 Å². The van der Waals surface area contributed by atoms with Gasteiger partial charge in [-0.25, -0.2) is 0 Å². The first-order valence-electron chi connectivity index (χ1n) is 4.09. The molecule has 0 atom stereocenters. The minimum absolute atomic E-state index is 0. The Morgan fingerprint density at radius 1 is 0.700 bits per heavy atom. The molecule has 2 heteroatoms. The number of rotatable bonds is 4. The molecule has 0 aliphatic carbocycles. The molecule has 0 spiro atoms. The predicted molar refractivity (Wildman–Crippen MR) is 44.9 cm³/mol. The highest BCUT2D eigenvalue weighted by molar-refractivity contribution is 4.31. The Bertz CT molecular complexity index is 52.1. The molecule has 0 aromatic rings. The normalized spacial score (nSPS) is 10.8. The van der Waals surface area contributed by atoms with E-state index in [4.69, 9.17) is 0 Å². The summed E-state index contributed by atoms with van der Waals surface area (Å²) in [6.07, 6.45) is 0. The molecule has 0 unspecified atom stereocenters. The molecule has 0 aromatic heterocycles. The van der Waals surface area contributed by atoms with Crippen molar-refractivity contribution in [3.63, 3.8) is 0 Å². The van der Waals surface area contributed by atoms with Crippen LogP contribution in [0.1, 0.15) is 27.7 Å². The van der Waals surface area contributed by atoms with Gasteiger partial charge in [0.05, 0.1) is 26.2 Å². The van der Waals surface area contributed by atoms with Crippen molar-refractivity contribution in [3.8, 4) is 0 Å². The van der Waals surface area contributed by atoms with Gasteiger partial charge in [0.25, 0.3) is 0 Å². The van der Waals surface area contributed by atoms with E-state index in [0.717, 1.165) is 0 Å². The lowest BCUT2D eigenvalue weighted by Gasteiger charge is -2.34. The second kappa shape index (κ2) is 5.66. The lowest BCUT2D eigenvalue weighted by atomic mass is 10.3. The van der Waals surface area contributed by atoms with Crippen molar-refractivity contribution in [1.29, 1.82) is 0 Å². The van der Waals surface area contributed by atoms with Crippen LogP contribution in [0, 0.1) is 0 Å². The van der Waals surface area contributed by atoms with Gasteiger partial charge in [-0.15, -0.1) is 0 Å². The molecule has 0 amide bonds. The molecular weight excluding hydrogens is 129 g/mol. The SMILES string of the molecule is CC[N+](CC)(CC)CC.F. The van der Waals surface area contributed by atoms with E-state index in [2.05, 4.69) is 27.7 Å². The Morgan fingerprint density at radius 2 is 0.900 bits per heavy atom. The van der Waals surface area contributed by atoms with Crippen LogP contribution in [-0.4, -0.2) is 30.7 Å². The van der Waals surface area contributed by atoms with Crippen LogP contribution in [0.15, 0.2) is 0 Å². The first-order valence-corrected chi connectivity index (χ1v) is 4.09. The fraction of sp³-hybridized carbons (Fsp3) is 1.00. The van der Waals surface area contributed by atoms with E-state index in [1.807, 2.05) is 0 Å². The van der Waals surface area contributed by atoms with Gasteiger partial charge in [-0.1, -0.05) is 0 Å². The standard InChI is InChI=1S/C8H20N.FH/c1-5-9(6-2,7-3)8-4;/h5-8H2,1-4H3;1H/q+1;. The molecule has 1 nitrogen and oxygen atoms in total. The Morgan fingerprint density at radius 3 is 0.900 bits per heavy atom. The van der Waals surface area contributed by atoms with Gasteiger partial charge in [0.15, 0.2) is 0 Å². The Labute approximate surface area is 64.0 Å². The maximum absolute atomic E-state index is 2.27. The summed E-state index contributed by atoms with van der Waals surface area (Å²) in [5.41, 5.74) is 0. The highest BCUT2D eigenvalue weighted by Crippen LogP contribution is 2.03. The third-order valence-corrected chi connectivity index (χ3v) is 2.68. The third kappa shape index (κ3) is 2.65. The maximum Gasteiger partial charge on any atom is 0.0757 e. The summed E-state index contributed by atoms with van der Waals surface area (Å²) in [5, 5.41) is 0. The van der Waals surface area contributed by atoms with Crippen LogP contribution in [-0.2, 0) is 0 Å². The summed E-state index contributed by atoms with van der Waals surface area (Å²) in [7, 11) is 0. The number of quaternary nitrogens is 1. The van der Waals surface area contributed by atoms with E-state index in [1.165, 1.54) is 30.7 Å². The van der Waals surface area contributed by atoms with Crippen LogP contribution < -0.4 is 0 Å². The minimum atomic E-state index is 0. The van der Waals surface area contributed by atoms with Gasteiger partial charge in [0.1, 0.15) is 0 Å². The first-order chi connectivity index (χ1) is 4.24. The van der Waals surface area contributed by atoms with Crippen molar-refractivity contribution in [2.45, 2.75) is 27.7 Å². The minimum Gasteiger partial charge on any atom is -0.325 e. The van der Waals surface area contributed by atoms with Crippen LogP contribution in [0.25, 0.3) is 0 Å². The largest absolute Gasteiger partial charge is 0.325 e. The molecule has 0 saturated heterocycles. The van der Waals surface area contributed by atoms with E-state index in [1.54, 1.807) is 0 Å². The lowest BCUT2D eigenvalue weighted by molar-refractivity contribution is -0.921. The van der Waals surface area contributed by atoms with E-state index in [9.17, 15) is 0 Å². The van der Waals surface area contributed by atoms with Crippen LogP contribution in [0.2, 0.25) is 0 Å². The Balaban J connectivity index is 0. The molecule has 0 heterocycles. The van der Waals surface area contributed by atoms with Crippen LogP contribution >= 0.6 is 0 Å². The van der Waals surface area contributed by atoms with Crippen LogP contribution in [0.3, 0.4) is 0 Å². The topological polar surface area (TPSA) is 0 Å². The molecule has 0 aromatic carbocycles. The number of hydrogen-bond acceptors (Lipinski definition) is 0. The third-order valence-electron chi connectivity index (χ3n) is 2.68. The molecule has 0 aliphatic rings. The van der Waals surface area contributed by atoms with Gasteiger partial charge in [-0.2, -0.15) is 0 Å². The van der Waals surface area contributed by atoms with Crippen LogP contribution in [0.5, 0.6) is 0 Å². The van der Waals surface area contributed by atoms with E-state index in [-0.39, 0.29) is 4.70 Å². The average Bonchev–Trinajstić information content (AvgIpc) is 1.95. The van der Waals surface area contributed by atoms with Crippen molar-refractivity contribution in [2.24, 2.45) is 0 Å². The van der Waals surface area contributed by atoms with Crippen molar-refractivity contribution in [1.82, 2.24) is 0 Å². The predicted octanol–water partition coefficient (Wildman–Crippen LogP) is 2.04. The fourth-order valence-electron chi connectivity index (χ4n) is 1.34. The second-order valence-electron chi connectivity index (χ2n) is 2.61. The quantitative estimate of drug-likeness (QED) is 0.538. The second-order valence-corrected chi connectivity index (χ2v) is 2.61. The number of nitrogens with zero attached hydrogens (tertiary/aromatic N) is 1. The van der Waals surface area contributed by atoms with E-state index >= 15 is 0 Å². The van der Waals surface area contributed by atoms with Gasteiger partial charge in [-0.3, -0.25) is 4.70 Å².